The summed E-state index contributed by atoms with van der Waals surface area (Å²) in [4.78, 5) is 0.163. The summed E-state index contributed by atoms with van der Waals surface area (Å²) in [5.74, 6) is 1.00. The number of benzene rings is 1. The molecular formula is C14H21NO5S. The molecule has 0 unspecified atom stereocenters. The number of nitrogens with zero attached hydrogens (tertiary/aromatic N) is 1. The Hall–Kier alpha value is -1.31. The topological polar surface area (TPSA) is 76.1 Å². The maximum Gasteiger partial charge on any atom is 0.243 e. The summed E-state index contributed by atoms with van der Waals surface area (Å²) in [6.07, 6.45) is 1.64. The third-order valence-electron chi connectivity index (χ3n) is 3.26. The lowest BCUT2D eigenvalue weighted by Crippen LogP contribution is -2.34. The molecule has 6 nitrogen and oxygen atoms in total. The second kappa shape index (κ2) is 7.11. The third kappa shape index (κ3) is 3.66. The van der Waals surface area contributed by atoms with Crippen LogP contribution in [0.25, 0.3) is 0 Å². The molecule has 0 saturated carbocycles. The van der Waals surface area contributed by atoms with Gasteiger partial charge in [-0.15, -0.1) is 0 Å². The van der Waals surface area contributed by atoms with E-state index in [-0.39, 0.29) is 18.0 Å². The van der Waals surface area contributed by atoms with Crippen molar-refractivity contribution in [2.45, 2.75) is 24.7 Å². The molecule has 0 spiro atoms. The molecule has 0 aromatic heterocycles. The molecule has 0 saturated heterocycles. The maximum atomic E-state index is 12.6. The summed E-state index contributed by atoms with van der Waals surface area (Å²) in [6, 6.07) is 4.61. The second-order valence-corrected chi connectivity index (χ2v) is 6.72. The van der Waals surface area contributed by atoms with Crippen LogP contribution in [0.4, 0.5) is 0 Å². The van der Waals surface area contributed by atoms with Gasteiger partial charge >= 0.3 is 0 Å². The van der Waals surface area contributed by atoms with Crippen LogP contribution in [0.2, 0.25) is 0 Å². The predicted octanol–water partition coefficient (Wildman–Crippen LogP) is 1.24. The quantitative estimate of drug-likeness (QED) is 0.819. The highest BCUT2D eigenvalue weighted by molar-refractivity contribution is 7.89. The summed E-state index contributed by atoms with van der Waals surface area (Å²) in [5.41, 5.74) is 0. The predicted molar refractivity (Wildman–Crippen MR) is 78.2 cm³/mol. The number of hydrogen-bond donors (Lipinski definition) is 1. The van der Waals surface area contributed by atoms with E-state index in [2.05, 4.69) is 0 Å². The van der Waals surface area contributed by atoms with Crippen molar-refractivity contribution in [2.75, 3.05) is 32.9 Å². The Kier molecular flexibility index (Phi) is 5.44. The first kappa shape index (κ1) is 16.1. The lowest BCUT2D eigenvalue weighted by Gasteiger charge is -2.23. The van der Waals surface area contributed by atoms with E-state index in [9.17, 15) is 8.42 Å². The van der Waals surface area contributed by atoms with E-state index in [1.165, 1.54) is 16.4 Å². The van der Waals surface area contributed by atoms with Crippen LogP contribution >= 0.6 is 0 Å². The zero-order chi connectivity index (χ0) is 15.3. The molecule has 118 valence electrons. The van der Waals surface area contributed by atoms with Crippen LogP contribution < -0.4 is 9.47 Å². The highest BCUT2D eigenvalue weighted by Gasteiger charge is 2.25. The average Bonchev–Trinajstić information content (AvgIpc) is 2.50. The Morgan fingerprint density at radius 1 is 1.19 bits per heavy atom. The number of hydrogen-bond acceptors (Lipinski definition) is 5. The van der Waals surface area contributed by atoms with E-state index in [0.717, 1.165) is 12.8 Å². The van der Waals surface area contributed by atoms with Crippen LogP contribution in [0.15, 0.2) is 23.1 Å². The van der Waals surface area contributed by atoms with Crippen molar-refractivity contribution in [1.82, 2.24) is 4.31 Å². The monoisotopic (exact) mass is 315 g/mol. The summed E-state index contributed by atoms with van der Waals surface area (Å²) in [5, 5.41) is 9.09. The Labute approximate surface area is 125 Å². The van der Waals surface area contributed by atoms with E-state index in [1.807, 2.05) is 6.92 Å². The van der Waals surface area contributed by atoms with Crippen LogP contribution in [0.5, 0.6) is 11.5 Å². The van der Waals surface area contributed by atoms with Gasteiger partial charge in [0.25, 0.3) is 0 Å². The molecule has 0 fully saturated rings. The Morgan fingerprint density at radius 2 is 1.90 bits per heavy atom. The molecule has 1 aromatic rings. The van der Waals surface area contributed by atoms with Crippen LogP contribution in [0, 0.1) is 0 Å². The van der Waals surface area contributed by atoms with Crippen molar-refractivity contribution < 1.29 is 23.0 Å². The lowest BCUT2D eigenvalue weighted by molar-refractivity contribution is 0.171. The number of aliphatic hydroxyl groups is 1. The number of aliphatic hydroxyl groups excluding tert-OH is 1. The lowest BCUT2D eigenvalue weighted by atomic mass is 10.3. The Bertz CT molecular complexity index is 573. The van der Waals surface area contributed by atoms with Gasteiger partial charge in [0.15, 0.2) is 11.5 Å². The first-order valence-corrected chi connectivity index (χ1v) is 8.54. The van der Waals surface area contributed by atoms with Gasteiger partial charge in [-0.3, -0.25) is 0 Å². The number of fused-ring (bicyclic) bond motifs is 1. The van der Waals surface area contributed by atoms with Gasteiger partial charge in [0.2, 0.25) is 10.0 Å². The van der Waals surface area contributed by atoms with Gasteiger partial charge in [0.1, 0.15) is 13.2 Å². The second-order valence-electron chi connectivity index (χ2n) is 4.79. The molecule has 21 heavy (non-hydrogen) atoms. The molecule has 2 rings (SSSR count). The SMILES string of the molecule is CCCCN(CCO)S(=O)(=O)c1ccc2c(c1)OCCO2. The normalized spacial score (nSPS) is 14.4. The largest absolute Gasteiger partial charge is 0.486 e. The molecule has 1 heterocycles. The van der Waals surface area contributed by atoms with Gasteiger partial charge in [-0.2, -0.15) is 4.31 Å². The van der Waals surface area contributed by atoms with Gasteiger partial charge < -0.3 is 14.6 Å². The van der Waals surface area contributed by atoms with E-state index in [4.69, 9.17) is 14.6 Å². The number of sulfonamides is 1. The number of unbranched alkanes of at least 4 members (excludes halogenated alkanes) is 1. The molecule has 0 bridgehead atoms. The highest BCUT2D eigenvalue weighted by atomic mass is 32.2. The van der Waals surface area contributed by atoms with Crippen molar-refractivity contribution in [1.29, 1.82) is 0 Å². The maximum absolute atomic E-state index is 12.6. The molecule has 1 aliphatic heterocycles. The van der Waals surface area contributed by atoms with E-state index in [0.29, 0.717) is 31.3 Å². The minimum absolute atomic E-state index is 0.0940. The van der Waals surface area contributed by atoms with E-state index in [1.54, 1.807) is 6.07 Å². The summed E-state index contributed by atoms with van der Waals surface area (Å²) >= 11 is 0. The highest BCUT2D eigenvalue weighted by Crippen LogP contribution is 2.33. The van der Waals surface area contributed by atoms with Gasteiger partial charge in [-0.1, -0.05) is 13.3 Å². The van der Waals surface area contributed by atoms with Gasteiger partial charge in [0, 0.05) is 19.2 Å². The molecule has 0 aliphatic carbocycles. The number of rotatable bonds is 7. The molecule has 7 heteroatoms. The zero-order valence-electron chi connectivity index (χ0n) is 12.1. The van der Waals surface area contributed by atoms with E-state index >= 15 is 0 Å². The molecule has 1 N–H and O–H groups in total. The van der Waals surface area contributed by atoms with Gasteiger partial charge in [-0.25, -0.2) is 8.42 Å². The van der Waals surface area contributed by atoms with Crippen molar-refractivity contribution in [3.63, 3.8) is 0 Å². The molecular weight excluding hydrogens is 294 g/mol. The summed E-state index contributed by atoms with van der Waals surface area (Å²) in [7, 11) is -3.63. The van der Waals surface area contributed by atoms with Crippen molar-refractivity contribution >= 4 is 10.0 Å². The smallest absolute Gasteiger partial charge is 0.243 e. The fourth-order valence-electron chi connectivity index (χ4n) is 2.13. The standard InChI is InChI=1S/C14H21NO5S/c1-2-3-6-15(7-8-16)21(17,18)12-4-5-13-14(11-12)20-10-9-19-13/h4-5,11,16H,2-3,6-10H2,1H3. The molecule has 0 radical (unpaired) electrons. The van der Waals surface area contributed by atoms with E-state index < -0.39 is 10.0 Å². The first-order chi connectivity index (χ1) is 10.1. The molecule has 0 amide bonds. The summed E-state index contributed by atoms with van der Waals surface area (Å²) < 4.78 is 37.4. The van der Waals surface area contributed by atoms with Crippen LogP contribution in [0.3, 0.4) is 0 Å². The zero-order valence-corrected chi connectivity index (χ0v) is 12.9. The minimum Gasteiger partial charge on any atom is -0.486 e. The Morgan fingerprint density at radius 3 is 2.57 bits per heavy atom. The van der Waals surface area contributed by atoms with Crippen molar-refractivity contribution in [3.8, 4) is 11.5 Å². The van der Waals surface area contributed by atoms with Crippen LogP contribution in [-0.4, -0.2) is 50.7 Å². The fourth-order valence-corrected chi connectivity index (χ4v) is 3.62. The summed E-state index contributed by atoms with van der Waals surface area (Å²) in [6.45, 7) is 3.16. The average molecular weight is 315 g/mol. The van der Waals surface area contributed by atoms with Gasteiger partial charge in [-0.05, 0) is 18.6 Å². The Balaban J connectivity index is 2.28. The number of ether oxygens (including phenoxy) is 2. The first-order valence-electron chi connectivity index (χ1n) is 7.10. The van der Waals surface area contributed by atoms with Gasteiger partial charge in [0.05, 0.1) is 11.5 Å². The van der Waals surface area contributed by atoms with Crippen molar-refractivity contribution in [3.05, 3.63) is 18.2 Å². The molecule has 1 aromatic carbocycles. The minimum atomic E-state index is -3.63. The van der Waals surface area contributed by atoms with Crippen LogP contribution in [-0.2, 0) is 10.0 Å². The molecule has 1 aliphatic rings. The van der Waals surface area contributed by atoms with Crippen molar-refractivity contribution in [2.24, 2.45) is 0 Å². The fraction of sp³-hybridized carbons (Fsp3) is 0.571. The van der Waals surface area contributed by atoms with Crippen LogP contribution in [0.1, 0.15) is 19.8 Å². The molecule has 0 atom stereocenters. The third-order valence-corrected chi connectivity index (χ3v) is 5.16.